The molecule has 0 aromatic heterocycles. The van der Waals surface area contributed by atoms with Crippen molar-refractivity contribution < 1.29 is 23.2 Å². The van der Waals surface area contributed by atoms with Gasteiger partial charge in [-0.2, -0.15) is 0 Å². The minimum absolute atomic E-state index is 0.0217. The van der Waals surface area contributed by atoms with Crippen molar-refractivity contribution in [3.05, 3.63) is 0 Å². The van der Waals surface area contributed by atoms with Crippen LogP contribution in [0.15, 0.2) is 0 Å². The summed E-state index contributed by atoms with van der Waals surface area (Å²) >= 11 is 0.0217. The van der Waals surface area contributed by atoms with E-state index in [1.807, 2.05) is 0 Å². The SMILES string of the molecule is CCCCCCCCC(C)(C)[CH2][Zr][CH3]. The van der Waals surface area contributed by atoms with E-state index in [9.17, 15) is 0 Å². The van der Waals surface area contributed by atoms with Gasteiger partial charge in [0.1, 0.15) is 0 Å². The molecule has 0 N–H and O–H groups in total. The standard InChI is InChI=1S/C12H25.CH3.Zr/c1-5-6-7-8-9-10-11-12(2,3)4;;/h2,5-11H2,1,3-4H3;1H3;. The van der Waals surface area contributed by atoms with Crippen molar-refractivity contribution in [2.75, 3.05) is 0 Å². The number of hydrogen-bond acceptors (Lipinski definition) is 0. The molecule has 0 aliphatic carbocycles. The molecule has 84 valence electrons. The van der Waals surface area contributed by atoms with E-state index in [0.717, 1.165) is 0 Å². The molecule has 0 atom stereocenters. The van der Waals surface area contributed by atoms with Crippen molar-refractivity contribution in [3.63, 3.8) is 0 Å². The van der Waals surface area contributed by atoms with Crippen molar-refractivity contribution in [2.24, 2.45) is 5.41 Å². The van der Waals surface area contributed by atoms with Gasteiger partial charge in [-0.15, -0.1) is 0 Å². The fourth-order valence-corrected chi connectivity index (χ4v) is 4.74. The van der Waals surface area contributed by atoms with E-state index in [4.69, 9.17) is 0 Å². The number of unbranched alkanes of at least 4 members (excludes halogenated alkanes) is 5. The van der Waals surface area contributed by atoms with Crippen LogP contribution >= 0.6 is 0 Å². The molecule has 0 rings (SSSR count). The van der Waals surface area contributed by atoms with Crippen LogP contribution in [0.3, 0.4) is 0 Å². The minimum atomic E-state index is 0.0217. The third kappa shape index (κ3) is 9.44. The van der Waals surface area contributed by atoms with Crippen LogP contribution in [-0.4, -0.2) is 0 Å². The monoisotopic (exact) mass is 274 g/mol. The van der Waals surface area contributed by atoms with Crippen LogP contribution in [0.25, 0.3) is 0 Å². The van der Waals surface area contributed by atoms with Crippen molar-refractivity contribution >= 4 is 0 Å². The molecule has 0 aliphatic heterocycles. The fourth-order valence-electron chi connectivity index (χ4n) is 1.95. The molecule has 0 saturated carbocycles. The Morgan fingerprint density at radius 2 is 1.50 bits per heavy atom. The van der Waals surface area contributed by atoms with Gasteiger partial charge in [0.15, 0.2) is 0 Å². The molecule has 0 nitrogen and oxygen atoms in total. The molecule has 0 aliphatic rings. The molecule has 0 fully saturated rings. The first-order chi connectivity index (χ1) is 6.62. The molecule has 0 aromatic carbocycles. The molecule has 0 spiro atoms. The summed E-state index contributed by atoms with van der Waals surface area (Å²) in [5.74, 6) is 0. The molecular weight excluding hydrogens is 247 g/mol. The van der Waals surface area contributed by atoms with E-state index in [0.29, 0.717) is 5.41 Å². The zero-order valence-corrected chi connectivity index (χ0v) is 13.1. The zero-order valence-electron chi connectivity index (χ0n) is 10.7. The first-order valence-electron chi connectivity index (χ1n) is 6.27. The summed E-state index contributed by atoms with van der Waals surface area (Å²) < 4.78 is 4.03. The van der Waals surface area contributed by atoms with Crippen LogP contribution in [0, 0.1) is 5.41 Å². The topological polar surface area (TPSA) is 0 Å². The predicted molar refractivity (Wildman–Crippen MR) is 62.4 cm³/mol. The molecule has 0 saturated heterocycles. The number of hydrogen-bond donors (Lipinski definition) is 0. The first kappa shape index (κ1) is 14.9. The normalized spacial score (nSPS) is 11.7. The van der Waals surface area contributed by atoms with Gasteiger partial charge in [-0.1, -0.05) is 0 Å². The Morgan fingerprint density at radius 1 is 0.929 bits per heavy atom. The Balaban J connectivity index is 3.26. The molecule has 0 heterocycles. The Hall–Kier alpha value is 0.883. The van der Waals surface area contributed by atoms with Gasteiger partial charge >= 0.3 is 103 Å². The predicted octanol–water partition coefficient (Wildman–Crippen LogP) is 5.31. The van der Waals surface area contributed by atoms with Gasteiger partial charge in [-0.05, 0) is 0 Å². The summed E-state index contributed by atoms with van der Waals surface area (Å²) in [5, 5.41) is 0. The second-order valence-electron chi connectivity index (χ2n) is 5.21. The van der Waals surface area contributed by atoms with Crippen LogP contribution in [0.5, 0.6) is 0 Å². The van der Waals surface area contributed by atoms with Crippen LogP contribution in [-0.2, 0) is 23.2 Å². The third-order valence-corrected chi connectivity index (χ3v) is 6.08. The summed E-state index contributed by atoms with van der Waals surface area (Å²) in [6, 6.07) is 0. The average molecular weight is 276 g/mol. The van der Waals surface area contributed by atoms with E-state index < -0.39 is 0 Å². The molecule has 0 aromatic rings. The summed E-state index contributed by atoms with van der Waals surface area (Å²) in [6.07, 6.45) is 10.1. The Morgan fingerprint density at radius 3 is 2.07 bits per heavy atom. The number of rotatable bonds is 9. The Bertz CT molecular complexity index is 118. The van der Waals surface area contributed by atoms with Crippen LogP contribution < -0.4 is 0 Å². The van der Waals surface area contributed by atoms with Gasteiger partial charge in [0.25, 0.3) is 0 Å². The first-order valence-corrected chi connectivity index (χ1v) is 10.5. The quantitative estimate of drug-likeness (QED) is 0.500. The van der Waals surface area contributed by atoms with Crippen molar-refractivity contribution in [2.45, 2.75) is 74.5 Å². The Kier molecular flexibility index (Phi) is 9.71. The van der Waals surface area contributed by atoms with E-state index in [-0.39, 0.29) is 23.2 Å². The van der Waals surface area contributed by atoms with Crippen molar-refractivity contribution in [1.82, 2.24) is 0 Å². The van der Waals surface area contributed by atoms with Gasteiger partial charge < -0.3 is 0 Å². The van der Waals surface area contributed by atoms with E-state index in [1.54, 1.807) is 4.13 Å². The molecule has 0 amide bonds. The molecule has 0 unspecified atom stereocenters. The second kappa shape index (κ2) is 9.13. The maximum absolute atomic E-state index is 2.46. The molecule has 0 bridgehead atoms. The van der Waals surface area contributed by atoms with Crippen LogP contribution in [0.2, 0.25) is 8.76 Å². The summed E-state index contributed by atoms with van der Waals surface area (Å²) in [5.41, 5.74) is 0.672. The Labute approximate surface area is 103 Å². The third-order valence-electron chi connectivity index (χ3n) is 2.86. The molecule has 0 radical (unpaired) electrons. The second-order valence-corrected chi connectivity index (χ2v) is 7.82. The summed E-state index contributed by atoms with van der Waals surface area (Å²) in [6.45, 7) is 7.21. The summed E-state index contributed by atoms with van der Waals surface area (Å²) in [7, 11) is 0. The van der Waals surface area contributed by atoms with Gasteiger partial charge in [0.05, 0.1) is 0 Å². The summed E-state index contributed by atoms with van der Waals surface area (Å²) in [4.78, 5) is 0. The average Bonchev–Trinajstić information content (AvgIpc) is 2.11. The maximum atomic E-state index is 2.46. The van der Waals surface area contributed by atoms with Crippen molar-refractivity contribution in [3.8, 4) is 0 Å². The van der Waals surface area contributed by atoms with Crippen LogP contribution in [0.1, 0.15) is 65.7 Å². The zero-order chi connectivity index (χ0) is 10.9. The molecule has 1 heteroatoms. The van der Waals surface area contributed by atoms with Gasteiger partial charge in [-0.25, -0.2) is 0 Å². The fraction of sp³-hybridized carbons (Fsp3) is 1.00. The van der Waals surface area contributed by atoms with E-state index in [1.165, 1.54) is 44.9 Å². The van der Waals surface area contributed by atoms with Gasteiger partial charge in [0, 0.05) is 0 Å². The van der Waals surface area contributed by atoms with E-state index >= 15 is 0 Å². The molecular formula is C13H28Zr. The van der Waals surface area contributed by atoms with Crippen LogP contribution in [0.4, 0.5) is 0 Å². The van der Waals surface area contributed by atoms with Gasteiger partial charge in [0.2, 0.25) is 0 Å². The van der Waals surface area contributed by atoms with E-state index in [2.05, 4.69) is 25.4 Å². The van der Waals surface area contributed by atoms with Crippen molar-refractivity contribution in [1.29, 1.82) is 0 Å². The van der Waals surface area contributed by atoms with Gasteiger partial charge in [-0.3, -0.25) is 0 Å². The molecule has 14 heavy (non-hydrogen) atoms.